The fourth-order valence-corrected chi connectivity index (χ4v) is 6.16. The minimum atomic E-state index is 0.346. The molecule has 1 saturated heterocycles. The maximum absolute atomic E-state index is 6.06. The zero-order valence-corrected chi connectivity index (χ0v) is 10.9. The first-order valence-corrected chi connectivity index (χ1v) is 7.15. The van der Waals surface area contributed by atoms with E-state index in [9.17, 15) is 0 Å². The number of ether oxygens (including phenoxy) is 1. The fourth-order valence-electron chi connectivity index (χ4n) is 6.16. The molecule has 90 valence electrons. The Morgan fingerprint density at radius 3 is 2.38 bits per heavy atom. The molecular weight excluding hydrogens is 196 g/mol. The largest absolute Gasteiger partial charge is 0.369 e. The van der Waals surface area contributed by atoms with Crippen LogP contribution in [-0.4, -0.2) is 12.2 Å². The van der Waals surface area contributed by atoms with Gasteiger partial charge in [0.1, 0.15) is 5.60 Å². The van der Waals surface area contributed by atoms with Gasteiger partial charge in [-0.25, -0.2) is 0 Å². The van der Waals surface area contributed by atoms with E-state index in [2.05, 4.69) is 20.8 Å². The van der Waals surface area contributed by atoms with E-state index in [1.807, 2.05) is 0 Å². The molecule has 0 aromatic heterocycles. The van der Waals surface area contributed by atoms with Crippen LogP contribution in [0.4, 0.5) is 0 Å². The Morgan fingerprint density at radius 1 is 1.00 bits per heavy atom. The molecule has 3 aliphatic carbocycles. The number of epoxide rings is 1. The SMILES string of the molecule is CC1(C)CCC[C@@]2(C)[C@H]3CC[C@H]([C@H]31)[C@]21CO1. The molecule has 0 aromatic carbocycles. The predicted octanol–water partition coefficient (Wildman–Crippen LogP) is 3.63. The predicted molar refractivity (Wildman–Crippen MR) is 64.1 cm³/mol. The molecule has 0 N–H and O–H groups in total. The summed E-state index contributed by atoms with van der Waals surface area (Å²) in [5.74, 6) is 2.83. The number of hydrogen-bond donors (Lipinski definition) is 0. The monoisotopic (exact) mass is 220 g/mol. The van der Waals surface area contributed by atoms with E-state index in [4.69, 9.17) is 4.74 Å². The van der Waals surface area contributed by atoms with Crippen molar-refractivity contribution >= 4 is 0 Å². The Bertz CT molecular complexity index is 341. The molecule has 1 nitrogen and oxygen atoms in total. The Labute approximate surface area is 98.9 Å². The lowest BCUT2D eigenvalue weighted by atomic mass is 9.64. The molecule has 0 aromatic rings. The van der Waals surface area contributed by atoms with Gasteiger partial charge in [-0.1, -0.05) is 27.2 Å². The van der Waals surface area contributed by atoms with E-state index in [1.54, 1.807) is 0 Å². The van der Waals surface area contributed by atoms with Crippen LogP contribution in [0.3, 0.4) is 0 Å². The molecule has 1 heteroatoms. The number of rotatable bonds is 0. The quantitative estimate of drug-likeness (QED) is 0.568. The summed E-state index contributed by atoms with van der Waals surface area (Å²) >= 11 is 0. The highest BCUT2D eigenvalue weighted by Crippen LogP contribution is 2.76. The Morgan fingerprint density at radius 2 is 1.69 bits per heavy atom. The van der Waals surface area contributed by atoms with Gasteiger partial charge in [0.15, 0.2) is 0 Å². The summed E-state index contributed by atoms with van der Waals surface area (Å²) in [6.07, 6.45) is 7.23. The lowest BCUT2D eigenvalue weighted by molar-refractivity contribution is 0.0444. The Kier molecular flexibility index (Phi) is 1.57. The zero-order chi connectivity index (χ0) is 11.2. The summed E-state index contributed by atoms with van der Waals surface area (Å²) in [5, 5.41) is 0. The van der Waals surface area contributed by atoms with Crippen molar-refractivity contribution in [1.82, 2.24) is 0 Å². The van der Waals surface area contributed by atoms with Crippen LogP contribution in [0.25, 0.3) is 0 Å². The standard InChI is InChI=1S/C15H24O/c1-13(2)7-4-8-14(3)10-5-6-11(12(10)13)15(14)9-16-15/h10-12H,4-9H2,1-3H3/t10-,11+,12-,14-,15+/m0/s1. The van der Waals surface area contributed by atoms with Gasteiger partial charge in [-0.05, 0) is 48.9 Å². The van der Waals surface area contributed by atoms with Gasteiger partial charge in [-0.2, -0.15) is 0 Å². The second-order valence-corrected chi connectivity index (χ2v) is 7.75. The van der Waals surface area contributed by atoms with Crippen LogP contribution >= 0.6 is 0 Å². The lowest BCUT2D eigenvalue weighted by Gasteiger charge is -2.39. The molecule has 4 aliphatic rings. The summed E-state index contributed by atoms with van der Waals surface area (Å²) in [5.41, 5.74) is 1.45. The summed E-state index contributed by atoms with van der Waals surface area (Å²) in [4.78, 5) is 0. The molecule has 4 fully saturated rings. The van der Waals surface area contributed by atoms with Crippen molar-refractivity contribution in [2.45, 2.75) is 58.5 Å². The van der Waals surface area contributed by atoms with Crippen LogP contribution in [0.5, 0.6) is 0 Å². The Hall–Kier alpha value is -0.0400. The molecule has 4 rings (SSSR count). The molecule has 0 amide bonds. The van der Waals surface area contributed by atoms with Crippen molar-refractivity contribution in [3.8, 4) is 0 Å². The van der Waals surface area contributed by atoms with Gasteiger partial charge in [0, 0.05) is 5.41 Å². The molecule has 1 aliphatic heterocycles. The van der Waals surface area contributed by atoms with Crippen LogP contribution in [-0.2, 0) is 4.74 Å². The topological polar surface area (TPSA) is 12.5 Å². The summed E-state index contributed by atoms with van der Waals surface area (Å²) in [6.45, 7) is 8.68. The first-order chi connectivity index (χ1) is 7.51. The normalized spacial score (nSPS) is 61.3. The van der Waals surface area contributed by atoms with Gasteiger partial charge < -0.3 is 4.74 Å². The molecule has 16 heavy (non-hydrogen) atoms. The molecule has 3 saturated carbocycles. The van der Waals surface area contributed by atoms with Crippen LogP contribution in [0, 0.1) is 28.6 Å². The van der Waals surface area contributed by atoms with E-state index in [0.29, 0.717) is 16.4 Å². The maximum atomic E-state index is 6.06. The number of hydrogen-bond acceptors (Lipinski definition) is 1. The average molecular weight is 220 g/mol. The molecule has 5 atom stereocenters. The summed E-state index contributed by atoms with van der Waals surface area (Å²) in [7, 11) is 0. The Balaban J connectivity index is 1.87. The lowest BCUT2D eigenvalue weighted by Crippen LogP contribution is -2.41. The summed E-state index contributed by atoms with van der Waals surface area (Å²) in [6, 6.07) is 0. The highest BCUT2D eigenvalue weighted by atomic mass is 16.6. The highest BCUT2D eigenvalue weighted by Gasteiger charge is 2.77. The molecule has 1 heterocycles. The molecule has 0 unspecified atom stereocenters. The fraction of sp³-hybridized carbons (Fsp3) is 1.00. The van der Waals surface area contributed by atoms with E-state index < -0.39 is 0 Å². The molecule has 0 radical (unpaired) electrons. The second-order valence-electron chi connectivity index (χ2n) is 7.75. The van der Waals surface area contributed by atoms with Gasteiger partial charge in [0.2, 0.25) is 0 Å². The molecule has 4 bridgehead atoms. The van der Waals surface area contributed by atoms with Crippen LogP contribution < -0.4 is 0 Å². The van der Waals surface area contributed by atoms with Crippen molar-refractivity contribution < 1.29 is 4.74 Å². The van der Waals surface area contributed by atoms with Gasteiger partial charge in [0.25, 0.3) is 0 Å². The minimum absolute atomic E-state index is 0.346. The minimum Gasteiger partial charge on any atom is -0.369 e. The van der Waals surface area contributed by atoms with E-state index in [1.165, 1.54) is 32.1 Å². The van der Waals surface area contributed by atoms with Crippen LogP contribution in [0.1, 0.15) is 52.9 Å². The number of fused-ring (bicyclic) bond motifs is 2. The smallest absolute Gasteiger partial charge is 0.100 e. The zero-order valence-electron chi connectivity index (χ0n) is 10.9. The van der Waals surface area contributed by atoms with Gasteiger partial charge in [0.05, 0.1) is 6.61 Å². The van der Waals surface area contributed by atoms with Crippen molar-refractivity contribution in [2.75, 3.05) is 6.61 Å². The van der Waals surface area contributed by atoms with Crippen LogP contribution in [0.2, 0.25) is 0 Å². The van der Waals surface area contributed by atoms with Crippen molar-refractivity contribution in [2.24, 2.45) is 28.6 Å². The first-order valence-electron chi connectivity index (χ1n) is 7.15. The maximum Gasteiger partial charge on any atom is 0.100 e. The summed E-state index contributed by atoms with van der Waals surface area (Å²) < 4.78 is 6.06. The van der Waals surface area contributed by atoms with E-state index in [-0.39, 0.29) is 0 Å². The third kappa shape index (κ3) is 0.836. The van der Waals surface area contributed by atoms with Crippen molar-refractivity contribution in [3.63, 3.8) is 0 Å². The highest BCUT2D eigenvalue weighted by molar-refractivity contribution is 5.25. The third-order valence-corrected chi connectivity index (χ3v) is 6.91. The third-order valence-electron chi connectivity index (χ3n) is 6.91. The van der Waals surface area contributed by atoms with E-state index >= 15 is 0 Å². The second kappa shape index (κ2) is 2.53. The van der Waals surface area contributed by atoms with Crippen molar-refractivity contribution in [1.29, 1.82) is 0 Å². The first kappa shape index (κ1) is 9.94. The van der Waals surface area contributed by atoms with Gasteiger partial charge >= 0.3 is 0 Å². The van der Waals surface area contributed by atoms with Gasteiger partial charge in [-0.3, -0.25) is 0 Å². The van der Waals surface area contributed by atoms with Gasteiger partial charge in [-0.15, -0.1) is 0 Å². The average Bonchev–Trinajstić information content (AvgIpc) is 2.85. The van der Waals surface area contributed by atoms with Crippen molar-refractivity contribution in [3.05, 3.63) is 0 Å². The van der Waals surface area contributed by atoms with Crippen LogP contribution in [0.15, 0.2) is 0 Å². The molecular formula is C15H24O. The molecule has 1 spiro atoms. The van der Waals surface area contributed by atoms with E-state index in [0.717, 1.165) is 24.4 Å².